The molecule has 3 N–H and O–H groups in total. The zero-order valence-electron chi connectivity index (χ0n) is 14.3. The Morgan fingerprint density at radius 2 is 2.15 bits per heavy atom. The highest BCUT2D eigenvalue weighted by Gasteiger charge is 2.45. The molecule has 1 aliphatic carbocycles. The van der Waals surface area contributed by atoms with Gasteiger partial charge in [0.2, 0.25) is 0 Å². The van der Waals surface area contributed by atoms with E-state index in [4.69, 9.17) is 0 Å². The molecule has 0 aromatic carbocycles. The quantitative estimate of drug-likeness (QED) is 0.694. The third-order valence-corrected chi connectivity index (χ3v) is 5.12. The van der Waals surface area contributed by atoms with Gasteiger partial charge in [-0.15, -0.1) is 0 Å². The Bertz CT molecular complexity index is 751. The van der Waals surface area contributed by atoms with E-state index in [0.29, 0.717) is 19.5 Å². The molecule has 0 bridgehead atoms. The van der Waals surface area contributed by atoms with Gasteiger partial charge in [0.25, 0.3) is 0 Å². The number of pyridine rings is 1. The maximum absolute atomic E-state index is 10.8. The first kappa shape index (κ1) is 17.0. The van der Waals surface area contributed by atoms with Crippen molar-refractivity contribution in [2.45, 2.75) is 43.2 Å². The molecular weight excluding hydrogens is 332 g/mol. The third-order valence-electron chi connectivity index (χ3n) is 5.12. The van der Waals surface area contributed by atoms with Crippen LogP contribution in [0.1, 0.15) is 23.6 Å². The molecule has 4 rings (SSSR count). The molecule has 0 spiro atoms. The number of hydrogen-bond donors (Lipinski definition) is 3. The van der Waals surface area contributed by atoms with Crippen molar-refractivity contribution in [2.75, 3.05) is 6.54 Å². The molecule has 0 radical (unpaired) electrons. The zero-order chi connectivity index (χ0) is 17.9. The fourth-order valence-electron chi connectivity index (χ4n) is 3.92. The second-order valence-electron chi connectivity index (χ2n) is 6.81. The van der Waals surface area contributed by atoms with E-state index >= 15 is 0 Å². The van der Waals surface area contributed by atoms with E-state index in [1.165, 1.54) is 0 Å². The average molecular weight is 354 g/mol. The third kappa shape index (κ3) is 3.44. The van der Waals surface area contributed by atoms with E-state index in [0.717, 1.165) is 11.3 Å². The van der Waals surface area contributed by atoms with Crippen LogP contribution in [0.15, 0.2) is 47.0 Å². The monoisotopic (exact) mass is 354 g/mol. The minimum absolute atomic E-state index is 0.0149. The summed E-state index contributed by atoms with van der Waals surface area (Å²) in [7, 11) is 0. The molecule has 2 aromatic rings. The van der Waals surface area contributed by atoms with Gasteiger partial charge >= 0.3 is 0 Å². The van der Waals surface area contributed by atoms with Crippen molar-refractivity contribution in [2.24, 2.45) is 9.98 Å². The molecular formula is C18H22N6O2. The van der Waals surface area contributed by atoms with Crippen LogP contribution < -0.4 is 0 Å². The van der Waals surface area contributed by atoms with Gasteiger partial charge in [-0.2, -0.15) is 0 Å². The molecule has 1 unspecified atom stereocenters. The number of rotatable bonds is 6. The molecule has 1 saturated carbocycles. The highest BCUT2D eigenvalue weighted by atomic mass is 16.3. The number of imidazole rings is 1. The van der Waals surface area contributed by atoms with Gasteiger partial charge in [-0.1, -0.05) is 6.07 Å². The van der Waals surface area contributed by atoms with Gasteiger partial charge in [-0.25, -0.2) is 9.98 Å². The Balaban J connectivity index is 1.64. The SMILES string of the molecule is O[C@H]1[C@H](N(Cc2cnc[nH]2)CC2C=NC=N2)[C@@H](c2cccnc2)C[C@H]1O. The highest BCUT2D eigenvalue weighted by Crippen LogP contribution is 2.38. The Hall–Kier alpha value is -2.42. The van der Waals surface area contributed by atoms with Gasteiger partial charge in [0.05, 0.1) is 24.6 Å². The van der Waals surface area contributed by atoms with Crippen LogP contribution in [0, 0.1) is 0 Å². The molecule has 2 aromatic heterocycles. The lowest BCUT2D eigenvalue weighted by atomic mass is 9.93. The molecule has 8 heteroatoms. The lowest BCUT2D eigenvalue weighted by Gasteiger charge is -2.35. The number of nitrogens with zero attached hydrogens (tertiary/aromatic N) is 5. The smallest absolute Gasteiger partial charge is 0.110 e. The Morgan fingerprint density at radius 1 is 1.23 bits per heavy atom. The van der Waals surface area contributed by atoms with Crippen molar-refractivity contribution in [3.63, 3.8) is 0 Å². The van der Waals surface area contributed by atoms with Gasteiger partial charge in [-0.05, 0) is 18.1 Å². The summed E-state index contributed by atoms with van der Waals surface area (Å²) in [6, 6.07) is 3.58. The Morgan fingerprint density at radius 3 is 2.85 bits per heavy atom. The van der Waals surface area contributed by atoms with Crippen LogP contribution in [0.3, 0.4) is 0 Å². The molecule has 8 nitrogen and oxygen atoms in total. The van der Waals surface area contributed by atoms with Crippen molar-refractivity contribution in [1.29, 1.82) is 0 Å². The van der Waals surface area contributed by atoms with E-state index in [-0.39, 0.29) is 18.0 Å². The molecule has 26 heavy (non-hydrogen) atoms. The van der Waals surface area contributed by atoms with Crippen LogP contribution in [0.2, 0.25) is 0 Å². The number of H-pyrrole nitrogens is 1. The van der Waals surface area contributed by atoms with Gasteiger partial charge in [0, 0.05) is 55.5 Å². The van der Waals surface area contributed by atoms with Crippen LogP contribution in [-0.4, -0.2) is 73.5 Å². The zero-order valence-corrected chi connectivity index (χ0v) is 14.3. The first-order chi connectivity index (χ1) is 12.7. The van der Waals surface area contributed by atoms with Crippen LogP contribution in [0.5, 0.6) is 0 Å². The molecule has 3 heterocycles. The summed E-state index contributed by atoms with van der Waals surface area (Å²) in [5.41, 5.74) is 1.97. The number of aliphatic imine (C=N–C) groups is 2. The van der Waals surface area contributed by atoms with Crippen LogP contribution in [0.4, 0.5) is 0 Å². The van der Waals surface area contributed by atoms with Gasteiger partial charge in [-0.3, -0.25) is 14.9 Å². The lowest BCUT2D eigenvalue weighted by molar-refractivity contribution is -0.00510. The molecule has 2 aliphatic rings. The first-order valence-corrected chi connectivity index (χ1v) is 8.74. The van der Waals surface area contributed by atoms with Crippen LogP contribution in [0.25, 0.3) is 0 Å². The number of aromatic amines is 1. The molecule has 136 valence electrons. The maximum Gasteiger partial charge on any atom is 0.110 e. The van der Waals surface area contributed by atoms with Crippen molar-refractivity contribution >= 4 is 12.6 Å². The van der Waals surface area contributed by atoms with Gasteiger partial charge < -0.3 is 15.2 Å². The summed E-state index contributed by atoms with van der Waals surface area (Å²) in [5.74, 6) is -0.0149. The maximum atomic E-state index is 10.8. The molecule has 5 atom stereocenters. The average Bonchev–Trinajstić information content (AvgIpc) is 3.39. The van der Waals surface area contributed by atoms with Crippen molar-refractivity contribution in [1.82, 2.24) is 19.9 Å². The first-order valence-electron chi connectivity index (χ1n) is 8.74. The standard InChI is InChI=1S/C18H22N6O2/c25-16-4-15(12-2-1-3-19-5-12)17(18(16)26)24(8-13-6-20-10-22-13)9-14-7-21-11-23-14/h1-3,5-7,10-11,13,15-18,25-26H,4,8-9H2,(H,21,23)/t13?,15-,16-,17-,18-/m1/s1. The minimum atomic E-state index is -0.842. The second-order valence-corrected chi connectivity index (χ2v) is 6.81. The Labute approximate surface area is 151 Å². The summed E-state index contributed by atoms with van der Waals surface area (Å²) in [4.78, 5) is 22.0. The minimum Gasteiger partial charge on any atom is -0.390 e. The van der Waals surface area contributed by atoms with Gasteiger partial charge in [0.1, 0.15) is 6.34 Å². The topological polar surface area (TPSA) is 110 Å². The number of aromatic nitrogens is 3. The highest BCUT2D eigenvalue weighted by molar-refractivity contribution is 5.82. The molecule has 0 amide bonds. The second kappa shape index (κ2) is 7.45. The molecule has 1 aliphatic heterocycles. The number of nitrogens with one attached hydrogen (secondary N) is 1. The van der Waals surface area contributed by atoms with Crippen LogP contribution >= 0.6 is 0 Å². The molecule has 1 fully saturated rings. The normalized spacial score (nSPS) is 30.5. The summed E-state index contributed by atoms with van der Waals surface area (Å²) in [6.45, 7) is 1.18. The summed E-state index contributed by atoms with van der Waals surface area (Å²) in [5, 5.41) is 21.1. The summed E-state index contributed by atoms with van der Waals surface area (Å²) < 4.78 is 0. The lowest BCUT2D eigenvalue weighted by Crippen LogP contribution is -2.48. The predicted molar refractivity (Wildman–Crippen MR) is 97.2 cm³/mol. The number of aliphatic hydroxyl groups is 2. The van der Waals surface area contributed by atoms with E-state index in [2.05, 4.69) is 29.8 Å². The summed E-state index contributed by atoms with van der Waals surface area (Å²) >= 11 is 0. The Kier molecular flexibility index (Phi) is 4.87. The summed E-state index contributed by atoms with van der Waals surface area (Å²) in [6.07, 6.45) is 9.20. The predicted octanol–water partition coefficient (Wildman–Crippen LogP) is 0.366. The van der Waals surface area contributed by atoms with E-state index in [9.17, 15) is 10.2 Å². The number of hydrogen-bond acceptors (Lipinski definition) is 7. The molecule has 0 saturated heterocycles. The fourth-order valence-corrected chi connectivity index (χ4v) is 3.92. The van der Waals surface area contributed by atoms with E-state index in [1.807, 2.05) is 18.3 Å². The van der Waals surface area contributed by atoms with Crippen molar-refractivity contribution in [3.8, 4) is 0 Å². The van der Waals surface area contributed by atoms with E-state index in [1.54, 1.807) is 31.3 Å². The van der Waals surface area contributed by atoms with Crippen LogP contribution in [-0.2, 0) is 6.54 Å². The van der Waals surface area contributed by atoms with Gasteiger partial charge in [0.15, 0.2) is 0 Å². The number of aliphatic hydroxyl groups excluding tert-OH is 2. The van der Waals surface area contributed by atoms with E-state index < -0.39 is 12.2 Å². The van der Waals surface area contributed by atoms with Crippen molar-refractivity contribution < 1.29 is 10.2 Å². The largest absolute Gasteiger partial charge is 0.390 e. The fraction of sp³-hybridized carbons (Fsp3) is 0.444. The van der Waals surface area contributed by atoms with Crippen molar-refractivity contribution in [3.05, 3.63) is 48.3 Å².